The predicted molar refractivity (Wildman–Crippen MR) is 97.3 cm³/mol. The summed E-state index contributed by atoms with van der Waals surface area (Å²) in [7, 11) is -3.50. The molecule has 0 spiro atoms. The maximum Gasteiger partial charge on any atom is 0.208 e. The number of hydrogen-bond donors (Lipinski definition) is 0. The second kappa shape index (κ2) is 7.67. The first kappa shape index (κ1) is 18.1. The molecule has 0 radical (unpaired) electrons. The van der Waals surface area contributed by atoms with E-state index in [2.05, 4.69) is 11.9 Å². The summed E-state index contributed by atoms with van der Waals surface area (Å²) < 4.78 is 30.8. The van der Waals surface area contributed by atoms with E-state index in [-0.39, 0.29) is 4.90 Å². The van der Waals surface area contributed by atoms with Gasteiger partial charge in [0.2, 0.25) is 9.84 Å². The molecule has 0 amide bonds. The Morgan fingerprint density at radius 3 is 2.32 bits per heavy atom. The van der Waals surface area contributed by atoms with Crippen molar-refractivity contribution < 1.29 is 13.2 Å². The molecule has 1 aliphatic heterocycles. The minimum absolute atomic E-state index is 0.249. The standard InChI is InChI=1S/C20H25NO3S/c1-15-3-6-19(7-4-15)25(22,23)20-8-5-18(21-14-20)13-16(2)17-9-11-24-12-10-17/h3-8,14,16-17H,9-13H2,1-2H3. The van der Waals surface area contributed by atoms with E-state index in [1.54, 1.807) is 18.2 Å². The number of nitrogens with zero attached hydrogens (tertiary/aromatic N) is 1. The molecule has 0 N–H and O–H groups in total. The summed E-state index contributed by atoms with van der Waals surface area (Å²) >= 11 is 0. The number of benzene rings is 1. The van der Waals surface area contributed by atoms with Crippen LogP contribution in [0.4, 0.5) is 0 Å². The summed E-state index contributed by atoms with van der Waals surface area (Å²) in [5.41, 5.74) is 1.98. The molecule has 0 bridgehead atoms. The molecule has 1 atom stereocenters. The van der Waals surface area contributed by atoms with Crippen molar-refractivity contribution >= 4 is 9.84 Å². The van der Waals surface area contributed by atoms with Gasteiger partial charge in [0.05, 0.1) is 9.79 Å². The Morgan fingerprint density at radius 1 is 1.08 bits per heavy atom. The molecule has 1 unspecified atom stereocenters. The van der Waals surface area contributed by atoms with Gasteiger partial charge in [0.15, 0.2) is 0 Å². The first-order valence-electron chi connectivity index (χ1n) is 8.81. The van der Waals surface area contributed by atoms with Gasteiger partial charge in [-0.25, -0.2) is 8.42 Å². The first-order chi connectivity index (χ1) is 12.0. The van der Waals surface area contributed by atoms with Crippen LogP contribution < -0.4 is 0 Å². The molecule has 0 aliphatic carbocycles. The van der Waals surface area contributed by atoms with Crippen LogP contribution in [-0.2, 0) is 21.0 Å². The van der Waals surface area contributed by atoms with Crippen LogP contribution in [0.2, 0.25) is 0 Å². The minimum atomic E-state index is -3.50. The largest absolute Gasteiger partial charge is 0.381 e. The summed E-state index contributed by atoms with van der Waals surface area (Å²) in [5.74, 6) is 1.18. The number of hydrogen-bond acceptors (Lipinski definition) is 4. The quantitative estimate of drug-likeness (QED) is 0.814. The number of sulfone groups is 1. The Bertz CT molecular complexity index is 792. The highest BCUT2D eigenvalue weighted by atomic mass is 32.2. The lowest BCUT2D eigenvalue weighted by Gasteiger charge is -2.27. The summed E-state index contributed by atoms with van der Waals surface area (Å²) in [6.07, 6.45) is 4.55. The Labute approximate surface area is 150 Å². The molecule has 2 aromatic rings. The molecule has 1 fully saturated rings. The van der Waals surface area contributed by atoms with Gasteiger partial charge in [-0.05, 0) is 62.3 Å². The number of ether oxygens (including phenoxy) is 1. The zero-order valence-electron chi connectivity index (χ0n) is 14.8. The summed E-state index contributed by atoms with van der Waals surface area (Å²) in [5, 5.41) is 0. The summed E-state index contributed by atoms with van der Waals surface area (Å²) in [6.45, 7) is 5.87. The third-order valence-electron chi connectivity index (χ3n) is 5.04. The van der Waals surface area contributed by atoms with Gasteiger partial charge in [-0.1, -0.05) is 24.6 Å². The van der Waals surface area contributed by atoms with Gasteiger partial charge in [-0.2, -0.15) is 0 Å². The van der Waals surface area contributed by atoms with Crippen LogP contribution in [0.5, 0.6) is 0 Å². The normalized spacial score (nSPS) is 17.4. The highest BCUT2D eigenvalue weighted by Gasteiger charge is 2.22. The Balaban J connectivity index is 1.72. The van der Waals surface area contributed by atoms with E-state index >= 15 is 0 Å². The molecule has 4 nitrogen and oxygen atoms in total. The molecule has 1 aliphatic rings. The van der Waals surface area contributed by atoms with Crippen molar-refractivity contribution in [2.75, 3.05) is 13.2 Å². The van der Waals surface area contributed by atoms with E-state index < -0.39 is 9.84 Å². The second-order valence-electron chi connectivity index (χ2n) is 6.93. The lowest BCUT2D eigenvalue weighted by atomic mass is 9.84. The highest BCUT2D eigenvalue weighted by molar-refractivity contribution is 7.91. The molecular formula is C20H25NO3S. The van der Waals surface area contributed by atoms with E-state index in [4.69, 9.17) is 4.74 Å². The van der Waals surface area contributed by atoms with Gasteiger partial charge >= 0.3 is 0 Å². The Hall–Kier alpha value is -1.72. The van der Waals surface area contributed by atoms with Gasteiger partial charge < -0.3 is 4.74 Å². The van der Waals surface area contributed by atoms with Crippen LogP contribution in [-0.4, -0.2) is 26.6 Å². The molecule has 0 saturated carbocycles. The van der Waals surface area contributed by atoms with Crippen LogP contribution >= 0.6 is 0 Å². The van der Waals surface area contributed by atoms with E-state index in [1.165, 1.54) is 6.20 Å². The van der Waals surface area contributed by atoms with Gasteiger partial charge in [-0.3, -0.25) is 4.98 Å². The van der Waals surface area contributed by atoms with Crippen LogP contribution in [0.3, 0.4) is 0 Å². The maximum atomic E-state index is 12.7. The SMILES string of the molecule is Cc1ccc(S(=O)(=O)c2ccc(CC(C)C3CCOCC3)nc2)cc1. The van der Waals surface area contributed by atoms with Gasteiger partial charge in [0.25, 0.3) is 0 Å². The van der Waals surface area contributed by atoms with E-state index in [0.717, 1.165) is 43.7 Å². The number of pyridine rings is 1. The van der Waals surface area contributed by atoms with Crippen LogP contribution in [0.1, 0.15) is 31.0 Å². The summed E-state index contributed by atoms with van der Waals surface area (Å²) in [6, 6.07) is 10.4. The molecule has 1 aromatic carbocycles. The van der Waals surface area contributed by atoms with Gasteiger partial charge in [0.1, 0.15) is 0 Å². The fourth-order valence-corrected chi connectivity index (χ4v) is 4.53. The van der Waals surface area contributed by atoms with Crippen LogP contribution in [0.15, 0.2) is 52.4 Å². The highest BCUT2D eigenvalue weighted by Crippen LogP contribution is 2.26. The summed E-state index contributed by atoms with van der Waals surface area (Å²) in [4.78, 5) is 4.97. The first-order valence-corrected chi connectivity index (χ1v) is 10.3. The lowest BCUT2D eigenvalue weighted by molar-refractivity contribution is 0.0494. The van der Waals surface area contributed by atoms with E-state index in [9.17, 15) is 8.42 Å². The third-order valence-corrected chi connectivity index (χ3v) is 6.80. The van der Waals surface area contributed by atoms with Crippen molar-refractivity contribution in [1.29, 1.82) is 0 Å². The average Bonchev–Trinajstić information content (AvgIpc) is 2.63. The monoisotopic (exact) mass is 359 g/mol. The number of rotatable bonds is 5. The van der Waals surface area contributed by atoms with Crippen LogP contribution in [0.25, 0.3) is 0 Å². The predicted octanol–water partition coefficient (Wildman–Crippen LogP) is 3.83. The van der Waals surface area contributed by atoms with Crippen molar-refractivity contribution in [3.05, 3.63) is 53.9 Å². The van der Waals surface area contributed by atoms with E-state index in [0.29, 0.717) is 16.7 Å². The third kappa shape index (κ3) is 4.28. The molecule has 1 saturated heterocycles. The molecular weight excluding hydrogens is 334 g/mol. The Kier molecular flexibility index (Phi) is 5.54. The molecule has 3 rings (SSSR count). The molecule has 5 heteroatoms. The lowest BCUT2D eigenvalue weighted by Crippen LogP contribution is -2.23. The van der Waals surface area contributed by atoms with E-state index in [1.807, 2.05) is 25.1 Å². The van der Waals surface area contributed by atoms with Crippen molar-refractivity contribution in [2.24, 2.45) is 11.8 Å². The van der Waals surface area contributed by atoms with Crippen molar-refractivity contribution in [3.63, 3.8) is 0 Å². The van der Waals surface area contributed by atoms with Crippen molar-refractivity contribution in [3.8, 4) is 0 Å². The minimum Gasteiger partial charge on any atom is -0.381 e. The fraction of sp³-hybridized carbons (Fsp3) is 0.450. The van der Waals surface area contributed by atoms with Crippen molar-refractivity contribution in [2.45, 2.75) is 42.9 Å². The fourth-order valence-electron chi connectivity index (χ4n) is 3.33. The zero-order chi connectivity index (χ0) is 17.9. The van der Waals surface area contributed by atoms with Gasteiger partial charge in [-0.15, -0.1) is 0 Å². The topological polar surface area (TPSA) is 56.3 Å². The number of aryl methyl sites for hydroxylation is 1. The Morgan fingerprint density at radius 2 is 1.72 bits per heavy atom. The number of aromatic nitrogens is 1. The zero-order valence-corrected chi connectivity index (χ0v) is 15.6. The average molecular weight is 359 g/mol. The van der Waals surface area contributed by atoms with Gasteiger partial charge in [0, 0.05) is 25.1 Å². The van der Waals surface area contributed by atoms with Crippen LogP contribution in [0, 0.1) is 18.8 Å². The second-order valence-corrected chi connectivity index (χ2v) is 8.88. The molecule has 2 heterocycles. The van der Waals surface area contributed by atoms with Crippen molar-refractivity contribution in [1.82, 2.24) is 4.98 Å². The molecule has 134 valence electrons. The maximum absolute atomic E-state index is 12.7. The smallest absolute Gasteiger partial charge is 0.208 e. The molecule has 25 heavy (non-hydrogen) atoms. The molecule has 1 aromatic heterocycles.